The minimum Gasteiger partial charge on any atom is -0.461 e. The van der Waals surface area contributed by atoms with Crippen LogP contribution in [0.3, 0.4) is 0 Å². The van der Waals surface area contributed by atoms with Crippen molar-refractivity contribution in [3.63, 3.8) is 0 Å². The molecule has 0 radical (unpaired) electrons. The molecule has 2 amide bonds. The van der Waals surface area contributed by atoms with Crippen molar-refractivity contribution in [1.29, 1.82) is 0 Å². The fourth-order valence-electron chi connectivity index (χ4n) is 6.25. The van der Waals surface area contributed by atoms with E-state index in [0.717, 1.165) is 11.3 Å². The van der Waals surface area contributed by atoms with E-state index in [1.165, 1.54) is 34.5 Å². The topological polar surface area (TPSA) is 220 Å². The van der Waals surface area contributed by atoms with Crippen molar-refractivity contribution in [3.8, 4) is 0 Å². The lowest BCUT2D eigenvalue weighted by Gasteiger charge is -2.41. The van der Waals surface area contributed by atoms with Crippen molar-refractivity contribution in [2.24, 2.45) is 10.1 Å². The molecule has 54 heavy (non-hydrogen) atoms. The number of nitrogens with one attached hydrogen (secondary N) is 1. The number of hydrogen-bond donors (Lipinski definition) is 1. The van der Waals surface area contributed by atoms with Gasteiger partial charge in [-0.2, -0.15) is 0 Å². The number of thiazole rings is 3. The summed E-state index contributed by atoms with van der Waals surface area (Å²) in [6.07, 6.45) is -0.584. The van der Waals surface area contributed by atoms with Crippen molar-refractivity contribution in [2.45, 2.75) is 116 Å². The predicted octanol–water partition coefficient (Wildman–Crippen LogP) is 6.88. The second-order valence-electron chi connectivity index (χ2n) is 14.0. The second-order valence-corrected chi connectivity index (χ2v) is 16.6. The van der Waals surface area contributed by atoms with Gasteiger partial charge in [-0.15, -0.1) is 34.0 Å². The highest BCUT2D eigenvalue weighted by molar-refractivity contribution is 7.12. The van der Waals surface area contributed by atoms with Gasteiger partial charge in [0.15, 0.2) is 11.4 Å². The van der Waals surface area contributed by atoms with E-state index in [-0.39, 0.29) is 37.4 Å². The van der Waals surface area contributed by atoms with Crippen molar-refractivity contribution < 1.29 is 38.1 Å². The van der Waals surface area contributed by atoms with E-state index in [1.807, 2.05) is 6.92 Å². The Bertz CT molecular complexity index is 1980. The van der Waals surface area contributed by atoms with Crippen LogP contribution in [0.1, 0.15) is 129 Å². The van der Waals surface area contributed by atoms with E-state index < -0.39 is 65.0 Å². The van der Waals surface area contributed by atoms with Crippen LogP contribution in [-0.2, 0) is 29.3 Å². The van der Waals surface area contributed by atoms with Gasteiger partial charge in [-0.05, 0) is 80.7 Å². The number of hydrogen-bond acceptors (Lipinski definition) is 16. The maximum absolute atomic E-state index is 13.8. The third kappa shape index (κ3) is 8.42. The molecule has 5 heterocycles. The quantitative estimate of drug-likeness (QED) is 0.0692. The third-order valence-electron chi connectivity index (χ3n) is 8.50. The Morgan fingerprint density at radius 2 is 1.70 bits per heavy atom. The molecule has 3 aromatic heterocycles. The van der Waals surface area contributed by atoms with Crippen LogP contribution in [0.25, 0.3) is 10.4 Å². The molecular formula is C34H43N9O8S3. The molecule has 290 valence electrons. The summed E-state index contributed by atoms with van der Waals surface area (Å²) < 4.78 is 22.4. The smallest absolute Gasteiger partial charge is 0.413 e. The van der Waals surface area contributed by atoms with Gasteiger partial charge < -0.3 is 24.3 Å². The molecule has 0 spiro atoms. The first-order valence-electron chi connectivity index (χ1n) is 17.3. The first kappa shape index (κ1) is 40.7. The number of esters is 2. The van der Waals surface area contributed by atoms with E-state index in [9.17, 15) is 19.2 Å². The maximum Gasteiger partial charge on any atom is 0.413 e. The Kier molecular flexibility index (Phi) is 12.1. The lowest BCUT2D eigenvalue weighted by atomic mass is 9.80. The summed E-state index contributed by atoms with van der Waals surface area (Å²) in [5.41, 5.74) is 7.07. The van der Waals surface area contributed by atoms with Crippen molar-refractivity contribution in [3.05, 3.63) is 58.7 Å². The van der Waals surface area contributed by atoms with E-state index in [1.54, 1.807) is 64.6 Å². The lowest BCUT2D eigenvalue weighted by molar-refractivity contribution is -0.124. The summed E-state index contributed by atoms with van der Waals surface area (Å²) in [4.78, 5) is 76.5. The number of azide groups is 1. The van der Waals surface area contributed by atoms with Crippen LogP contribution in [0, 0.1) is 0 Å². The Morgan fingerprint density at radius 1 is 1.06 bits per heavy atom. The standard InChI is InChI=1S/C34H43N9O8S3/c1-10-48-28(45)21-15-52-26(38-21)19-12-13-34(40-25(44)17(3)41-42-35,30-39-22(16-54-30)29(46)49-11-2)24(36-19)20-14-53-27(37-20)23-18(4)50-33(8,9)43(23)31(47)51-32(5,6)7/h14-18,23-24H,10-13H2,1-9H3,(H,40,44)/t17-,18+,23-,24?,34?/m0/s1. The first-order valence-corrected chi connectivity index (χ1v) is 19.9. The monoisotopic (exact) mass is 801 g/mol. The Hall–Kier alpha value is -4.49. The molecule has 1 N–H and O–H groups in total. The summed E-state index contributed by atoms with van der Waals surface area (Å²) in [5, 5.41) is 13.0. The van der Waals surface area contributed by atoms with Gasteiger partial charge in [0.25, 0.3) is 0 Å². The number of aliphatic imine (C=N–C) groups is 1. The molecule has 5 atom stereocenters. The zero-order valence-corrected chi connectivity index (χ0v) is 33.9. The van der Waals surface area contributed by atoms with Crippen molar-refractivity contribution >= 4 is 63.7 Å². The number of carbonyl (C=O) groups is 4. The van der Waals surface area contributed by atoms with E-state index in [0.29, 0.717) is 26.4 Å². The van der Waals surface area contributed by atoms with Crippen molar-refractivity contribution in [2.75, 3.05) is 13.2 Å². The highest BCUT2D eigenvalue weighted by Crippen LogP contribution is 2.49. The van der Waals surface area contributed by atoms with Gasteiger partial charge in [-0.25, -0.2) is 29.3 Å². The molecule has 5 rings (SSSR count). The molecule has 3 aromatic rings. The van der Waals surface area contributed by atoms with Crippen LogP contribution in [0.15, 0.2) is 26.2 Å². The molecule has 2 unspecified atom stereocenters. The average molecular weight is 802 g/mol. The largest absolute Gasteiger partial charge is 0.461 e. The Balaban J connectivity index is 1.68. The zero-order valence-electron chi connectivity index (χ0n) is 31.4. The molecule has 20 heteroatoms. The number of rotatable bonds is 11. The molecule has 2 aliphatic heterocycles. The second kappa shape index (κ2) is 16.1. The van der Waals surface area contributed by atoms with Gasteiger partial charge in [0.05, 0.1) is 30.7 Å². The normalized spacial score (nSPS) is 22.8. The number of ether oxygens (including phenoxy) is 4. The molecule has 0 bridgehead atoms. The van der Waals surface area contributed by atoms with E-state index in [4.69, 9.17) is 34.5 Å². The maximum atomic E-state index is 13.8. The van der Waals surface area contributed by atoms with Crippen molar-refractivity contribution in [1.82, 2.24) is 25.2 Å². The van der Waals surface area contributed by atoms with E-state index >= 15 is 0 Å². The van der Waals surface area contributed by atoms with Crippen LogP contribution < -0.4 is 5.32 Å². The van der Waals surface area contributed by atoms with Crippen LogP contribution in [-0.4, -0.2) is 86.2 Å². The zero-order chi connectivity index (χ0) is 39.6. The van der Waals surface area contributed by atoms with Gasteiger partial charge in [0.2, 0.25) is 5.91 Å². The van der Waals surface area contributed by atoms with Gasteiger partial charge in [0.1, 0.15) is 50.0 Å². The average Bonchev–Trinajstić information content (AvgIpc) is 3.90. The van der Waals surface area contributed by atoms with Crippen LogP contribution in [0.2, 0.25) is 0 Å². The molecule has 1 saturated heterocycles. The number of amides is 2. The molecule has 17 nitrogen and oxygen atoms in total. The summed E-state index contributed by atoms with van der Waals surface area (Å²) in [5.74, 6) is -1.80. The van der Waals surface area contributed by atoms with Gasteiger partial charge in [-0.1, -0.05) is 5.11 Å². The molecule has 2 aliphatic rings. The van der Waals surface area contributed by atoms with E-state index in [2.05, 4.69) is 25.3 Å². The number of carbonyl (C=O) groups excluding carboxylic acids is 4. The number of aromatic nitrogens is 3. The number of nitrogens with zero attached hydrogens (tertiary/aromatic N) is 8. The molecule has 0 aliphatic carbocycles. The summed E-state index contributed by atoms with van der Waals surface area (Å²) >= 11 is 3.65. The fourth-order valence-corrected chi connectivity index (χ4v) is 9.08. The molecule has 1 fully saturated rings. The predicted molar refractivity (Wildman–Crippen MR) is 201 cm³/mol. The van der Waals surface area contributed by atoms with Gasteiger partial charge in [-0.3, -0.25) is 14.7 Å². The SMILES string of the molecule is CCOC(=O)c1csc(C2=NC(c3csc([C@@H]4[C@@H](C)OC(C)(C)N4C(=O)OC(C)(C)C)n3)C(NC(=O)[C@H](C)N=[N+]=[N-])(c3nc(C(=O)OCC)cs3)CC2)n1. The molecule has 0 saturated carbocycles. The summed E-state index contributed by atoms with van der Waals surface area (Å²) in [7, 11) is 0. The highest BCUT2D eigenvalue weighted by atomic mass is 32.1. The fraction of sp³-hybridized carbons (Fsp3) is 0.588. The van der Waals surface area contributed by atoms with Gasteiger partial charge in [0, 0.05) is 21.1 Å². The highest BCUT2D eigenvalue weighted by Gasteiger charge is 2.53. The molecule has 0 aromatic carbocycles. The lowest BCUT2D eigenvalue weighted by Crippen LogP contribution is -2.54. The third-order valence-corrected chi connectivity index (χ3v) is 11.3. The first-order chi connectivity index (χ1) is 25.4. The Labute approximate surface area is 324 Å². The minimum atomic E-state index is -1.41. The summed E-state index contributed by atoms with van der Waals surface area (Å²) in [6, 6.07) is -2.73. The Morgan fingerprint density at radius 3 is 2.33 bits per heavy atom. The molecular weight excluding hydrogens is 759 g/mol. The van der Waals surface area contributed by atoms with Gasteiger partial charge >= 0.3 is 18.0 Å². The van der Waals surface area contributed by atoms with Crippen LogP contribution >= 0.6 is 34.0 Å². The van der Waals surface area contributed by atoms with Crippen LogP contribution in [0.5, 0.6) is 0 Å². The summed E-state index contributed by atoms with van der Waals surface area (Å²) in [6.45, 7) is 16.0. The minimum absolute atomic E-state index is 0.0484. The van der Waals surface area contributed by atoms with Crippen LogP contribution in [0.4, 0.5) is 4.79 Å².